The van der Waals surface area contributed by atoms with Crippen LogP contribution in [0, 0.1) is 11.3 Å². The summed E-state index contributed by atoms with van der Waals surface area (Å²) in [5.41, 5.74) is 8.29. The van der Waals surface area contributed by atoms with Gasteiger partial charge < -0.3 is 11.1 Å². The fraction of sp³-hybridized carbons (Fsp3) is 0.0800. The van der Waals surface area contributed by atoms with E-state index in [0.717, 1.165) is 16.0 Å². The van der Waals surface area contributed by atoms with Gasteiger partial charge in [-0.25, -0.2) is 4.90 Å². The van der Waals surface area contributed by atoms with Crippen LogP contribution in [0.3, 0.4) is 0 Å². The lowest BCUT2D eigenvalue weighted by molar-refractivity contribution is -0.123. The Morgan fingerprint density at radius 1 is 0.935 bits per heavy atom. The lowest BCUT2D eigenvalue weighted by Gasteiger charge is -2.21. The van der Waals surface area contributed by atoms with Gasteiger partial charge in [-0.2, -0.15) is 5.26 Å². The number of nitrogens with zero attached hydrogens (tertiary/aromatic N) is 2. The molecule has 154 valence electrons. The molecule has 0 heterocycles. The average Bonchev–Trinajstić information content (AvgIpc) is 2.79. The van der Waals surface area contributed by atoms with Crippen molar-refractivity contribution in [3.05, 3.63) is 108 Å². The number of rotatable bonds is 6. The van der Waals surface area contributed by atoms with E-state index in [9.17, 15) is 14.9 Å². The summed E-state index contributed by atoms with van der Waals surface area (Å²) < 4.78 is 0. The predicted molar refractivity (Wildman–Crippen MR) is 121 cm³/mol. The van der Waals surface area contributed by atoms with Crippen molar-refractivity contribution in [2.24, 2.45) is 0 Å². The first kappa shape index (κ1) is 21.3. The molecule has 0 fully saturated rings. The Hall–Kier alpha value is -4.37. The van der Waals surface area contributed by atoms with Crippen molar-refractivity contribution in [1.82, 2.24) is 5.32 Å². The number of nitriles is 1. The van der Waals surface area contributed by atoms with E-state index in [2.05, 4.69) is 5.32 Å². The molecule has 0 aliphatic rings. The second kappa shape index (κ2) is 9.90. The van der Waals surface area contributed by atoms with E-state index in [1.54, 1.807) is 24.3 Å². The number of carbonyl (C=O) groups is 2. The molecule has 0 bridgehead atoms. The number of benzene rings is 3. The minimum absolute atomic E-state index is 0.191. The average molecular weight is 410 g/mol. The Bertz CT molecular complexity index is 1080. The van der Waals surface area contributed by atoms with Gasteiger partial charge in [-0.3, -0.25) is 9.59 Å². The molecular weight excluding hydrogens is 388 g/mol. The summed E-state index contributed by atoms with van der Waals surface area (Å²) in [5.74, 6) is -1.22. The highest BCUT2D eigenvalue weighted by molar-refractivity contribution is 6.21. The second-order valence-corrected chi connectivity index (χ2v) is 6.84. The SMILES string of the molecule is CC(=O)N(C(=O)/C(C#N)=C\NC(c1ccccc1)c1ccccc1)c1ccc(N)cc1. The number of amides is 2. The third-order valence-electron chi connectivity index (χ3n) is 4.68. The molecule has 3 aromatic carbocycles. The fourth-order valence-corrected chi connectivity index (χ4v) is 3.17. The predicted octanol–water partition coefficient (Wildman–Crippen LogP) is 3.93. The highest BCUT2D eigenvalue weighted by atomic mass is 16.2. The zero-order valence-corrected chi connectivity index (χ0v) is 17.0. The first-order chi connectivity index (χ1) is 15.0. The number of anilines is 2. The van der Waals surface area contributed by atoms with Crippen LogP contribution < -0.4 is 16.0 Å². The number of hydrogen-bond acceptors (Lipinski definition) is 5. The molecule has 3 aromatic rings. The number of imide groups is 1. The second-order valence-electron chi connectivity index (χ2n) is 6.84. The maximum absolute atomic E-state index is 13.0. The van der Waals surface area contributed by atoms with E-state index in [4.69, 9.17) is 5.73 Å². The van der Waals surface area contributed by atoms with Crippen LogP contribution in [0.25, 0.3) is 0 Å². The molecule has 6 nitrogen and oxygen atoms in total. The monoisotopic (exact) mass is 410 g/mol. The zero-order valence-electron chi connectivity index (χ0n) is 17.0. The van der Waals surface area contributed by atoms with Crippen LogP contribution in [-0.2, 0) is 9.59 Å². The molecule has 2 amide bonds. The van der Waals surface area contributed by atoms with Gasteiger partial charge in [0, 0.05) is 18.8 Å². The van der Waals surface area contributed by atoms with Crippen LogP contribution in [0.4, 0.5) is 11.4 Å². The number of nitrogen functional groups attached to an aromatic ring is 1. The number of hydrogen-bond donors (Lipinski definition) is 2. The first-order valence-corrected chi connectivity index (χ1v) is 9.68. The molecule has 31 heavy (non-hydrogen) atoms. The molecular formula is C25H22N4O2. The minimum atomic E-state index is -0.716. The maximum atomic E-state index is 13.0. The molecule has 0 atom stereocenters. The van der Waals surface area contributed by atoms with Crippen molar-refractivity contribution in [2.45, 2.75) is 13.0 Å². The maximum Gasteiger partial charge on any atom is 0.277 e. The molecule has 3 N–H and O–H groups in total. The molecule has 0 radical (unpaired) electrons. The first-order valence-electron chi connectivity index (χ1n) is 9.68. The Balaban J connectivity index is 1.93. The summed E-state index contributed by atoms with van der Waals surface area (Å²) in [6.45, 7) is 1.27. The van der Waals surface area contributed by atoms with Crippen molar-refractivity contribution in [3.8, 4) is 6.07 Å². The molecule has 0 aromatic heterocycles. The highest BCUT2D eigenvalue weighted by Crippen LogP contribution is 2.23. The van der Waals surface area contributed by atoms with E-state index in [0.29, 0.717) is 11.4 Å². The normalized spacial score (nSPS) is 10.9. The Morgan fingerprint density at radius 2 is 1.45 bits per heavy atom. The van der Waals surface area contributed by atoms with Crippen LogP contribution in [0.2, 0.25) is 0 Å². The van der Waals surface area contributed by atoms with Gasteiger partial charge in [0.25, 0.3) is 5.91 Å². The van der Waals surface area contributed by atoms with Gasteiger partial charge in [-0.15, -0.1) is 0 Å². The van der Waals surface area contributed by atoms with Crippen molar-refractivity contribution in [2.75, 3.05) is 10.6 Å². The van der Waals surface area contributed by atoms with Gasteiger partial charge in [-0.05, 0) is 35.4 Å². The van der Waals surface area contributed by atoms with Gasteiger partial charge in [0.2, 0.25) is 5.91 Å². The van der Waals surface area contributed by atoms with Gasteiger partial charge >= 0.3 is 0 Å². The quantitative estimate of drug-likeness (QED) is 0.364. The van der Waals surface area contributed by atoms with Gasteiger partial charge in [0.1, 0.15) is 11.6 Å². The highest BCUT2D eigenvalue weighted by Gasteiger charge is 2.24. The van der Waals surface area contributed by atoms with Gasteiger partial charge in [0.15, 0.2) is 0 Å². The van der Waals surface area contributed by atoms with Crippen molar-refractivity contribution < 1.29 is 9.59 Å². The standard InChI is InChI=1S/C25H22N4O2/c1-18(30)29(23-14-12-22(27)13-15-23)25(31)21(16-26)17-28-24(19-8-4-2-5-9-19)20-10-6-3-7-11-20/h2-15,17,24,28H,27H2,1H3/b21-17-. The smallest absolute Gasteiger partial charge is 0.277 e. The lowest BCUT2D eigenvalue weighted by Crippen LogP contribution is -2.36. The van der Waals surface area contributed by atoms with Crippen LogP contribution in [0.5, 0.6) is 0 Å². The summed E-state index contributed by atoms with van der Waals surface area (Å²) in [5, 5.41) is 12.8. The summed E-state index contributed by atoms with van der Waals surface area (Å²) in [4.78, 5) is 26.2. The number of carbonyl (C=O) groups excluding carboxylic acids is 2. The minimum Gasteiger partial charge on any atom is -0.399 e. The fourth-order valence-electron chi connectivity index (χ4n) is 3.17. The summed E-state index contributed by atoms with van der Waals surface area (Å²) in [7, 11) is 0. The molecule has 6 heteroatoms. The van der Waals surface area contributed by atoms with Crippen molar-refractivity contribution in [1.29, 1.82) is 5.26 Å². The third-order valence-corrected chi connectivity index (χ3v) is 4.68. The Labute approximate surface area is 181 Å². The zero-order chi connectivity index (χ0) is 22.2. The summed E-state index contributed by atoms with van der Waals surface area (Å²) in [6, 6.07) is 27.3. The van der Waals surface area contributed by atoms with Gasteiger partial charge in [0.05, 0.1) is 11.7 Å². The number of nitrogens with one attached hydrogen (secondary N) is 1. The molecule has 0 aliphatic carbocycles. The molecule has 0 saturated heterocycles. The molecule has 0 saturated carbocycles. The van der Waals surface area contributed by atoms with E-state index in [1.165, 1.54) is 13.1 Å². The largest absolute Gasteiger partial charge is 0.399 e. The molecule has 0 aliphatic heterocycles. The molecule has 0 spiro atoms. The van der Waals surface area contributed by atoms with Crippen molar-refractivity contribution in [3.63, 3.8) is 0 Å². The van der Waals surface area contributed by atoms with Gasteiger partial charge in [-0.1, -0.05) is 60.7 Å². The molecule has 0 unspecified atom stereocenters. The Morgan fingerprint density at radius 3 is 1.90 bits per heavy atom. The van der Waals surface area contributed by atoms with E-state index in [-0.39, 0.29) is 11.6 Å². The lowest BCUT2D eigenvalue weighted by atomic mass is 9.99. The van der Waals surface area contributed by atoms with E-state index in [1.807, 2.05) is 66.7 Å². The topological polar surface area (TPSA) is 99.2 Å². The van der Waals surface area contributed by atoms with E-state index < -0.39 is 11.8 Å². The molecule has 3 rings (SSSR count). The van der Waals surface area contributed by atoms with Crippen molar-refractivity contribution >= 4 is 23.2 Å². The third kappa shape index (κ3) is 5.17. The van der Waals surface area contributed by atoms with Crippen LogP contribution in [0.1, 0.15) is 24.1 Å². The summed E-state index contributed by atoms with van der Waals surface area (Å²) >= 11 is 0. The van der Waals surface area contributed by atoms with Crippen LogP contribution in [-0.4, -0.2) is 11.8 Å². The van der Waals surface area contributed by atoms with Crippen LogP contribution >= 0.6 is 0 Å². The van der Waals surface area contributed by atoms with E-state index >= 15 is 0 Å². The summed E-state index contributed by atoms with van der Waals surface area (Å²) in [6.07, 6.45) is 1.36. The Kier molecular flexibility index (Phi) is 6.82. The number of nitrogens with two attached hydrogens (primary N) is 1. The van der Waals surface area contributed by atoms with Crippen LogP contribution in [0.15, 0.2) is 96.7 Å².